The van der Waals surface area contributed by atoms with Crippen LogP contribution in [0.1, 0.15) is 42.3 Å². The van der Waals surface area contributed by atoms with Crippen LogP contribution in [0, 0.1) is 5.41 Å². The first-order valence-electron chi connectivity index (χ1n) is 8.99. The molecule has 7 heteroatoms. The van der Waals surface area contributed by atoms with E-state index in [1.807, 2.05) is 18.2 Å². The molecule has 1 unspecified atom stereocenters. The standard InChI is InChI=1S/C21H22N2O5/c1-20(2,3)10-26-13-5-7-17-15(9-13)21(11-27-19(22)23-21)14-8-12(18(24)25)4-6-16(14)28-17/h4-9H,10-11H2,1-3H3,(H2,22,23)(H,24,25). The van der Waals surface area contributed by atoms with E-state index in [4.69, 9.17) is 19.9 Å². The summed E-state index contributed by atoms with van der Waals surface area (Å²) in [5, 5.41) is 9.40. The van der Waals surface area contributed by atoms with Gasteiger partial charge >= 0.3 is 5.97 Å². The Bertz CT molecular complexity index is 993. The molecule has 2 heterocycles. The Labute approximate surface area is 162 Å². The molecule has 2 aromatic rings. The topological polar surface area (TPSA) is 103 Å². The maximum absolute atomic E-state index is 11.5. The third kappa shape index (κ3) is 3.02. The summed E-state index contributed by atoms with van der Waals surface area (Å²) in [6.07, 6.45) is 0. The molecule has 2 aliphatic heterocycles. The van der Waals surface area contributed by atoms with E-state index in [0.29, 0.717) is 29.4 Å². The summed E-state index contributed by atoms with van der Waals surface area (Å²) in [6.45, 7) is 6.98. The van der Waals surface area contributed by atoms with E-state index in [0.717, 1.165) is 5.56 Å². The quantitative estimate of drug-likeness (QED) is 0.842. The van der Waals surface area contributed by atoms with Gasteiger partial charge in [0.2, 0.25) is 0 Å². The van der Waals surface area contributed by atoms with Crippen molar-refractivity contribution in [2.24, 2.45) is 16.1 Å². The molecule has 0 fully saturated rings. The maximum atomic E-state index is 11.5. The molecule has 0 radical (unpaired) electrons. The van der Waals surface area contributed by atoms with Crippen molar-refractivity contribution >= 4 is 12.0 Å². The summed E-state index contributed by atoms with van der Waals surface area (Å²) in [7, 11) is 0. The SMILES string of the molecule is CC(C)(C)COc1ccc2c(c1)C1(COC(N)=N1)c1cc(C(=O)O)ccc1O2. The van der Waals surface area contributed by atoms with Crippen molar-refractivity contribution in [2.75, 3.05) is 13.2 Å². The molecule has 0 aliphatic carbocycles. The Hall–Kier alpha value is -3.22. The van der Waals surface area contributed by atoms with Crippen LogP contribution in [0.5, 0.6) is 17.2 Å². The van der Waals surface area contributed by atoms with Crippen molar-refractivity contribution in [3.63, 3.8) is 0 Å². The van der Waals surface area contributed by atoms with Gasteiger partial charge in [-0.3, -0.25) is 0 Å². The molecule has 7 nitrogen and oxygen atoms in total. The Morgan fingerprint density at radius 3 is 2.50 bits per heavy atom. The van der Waals surface area contributed by atoms with Crippen LogP contribution < -0.4 is 15.2 Å². The minimum absolute atomic E-state index is 0.00608. The van der Waals surface area contributed by atoms with Crippen LogP contribution in [-0.2, 0) is 10.3 Å². The van der Waals surface area contributed by atoms with Gasteiger partial charge in [-0.05, 0) is 41.8 Å². The highest BCUT2D eigenvalue weighted by atomic mass is 16.5. The summed E-state index contributed by atoms with van der Waals surface area (Å²) in [6, 6.07) is 10.3. The molecule has 28 heavy (non-hydrogen) atoms. The molecule has 0 bridgehead atoms. The van der Waals surface area contributed by atoms with Gasteiger partial charge in [-0.1, -0.05) is 20.8 Å². The fourth-order valence-corrected chi connectivity index (χ4v) is 3.36. The van der Waals surface area contributed by atoms with Crippen LogP contribution >= 0.6 is 0 Å². The fourth-order valence-electron chi connectivity index (χ4n) is 3.36. The maximum Gasteiger partial charge on any atom is 0.335 e. The third-order valence-electron chi connectivity index (χ3n) is 4.69. The highest BCUT2D eigenvalue weighted by Gasteiger charge is 2.47. The van der Waals surface area contributed by atoms with Gasteiger partial charge in [0.25, 0.3) is 6.02 Å². The minimum atomic E-state index is -1.03. The second-order valence-corrected chi connectivity index (χ2v) is 8.22. The van der Waals surface area contributed by atoms with Gasteiger partial charge in [0.15, 0.2) is 5.54 Å². The zero-order chi connectivity index (χ0) is 20.1. The molecule has 0 amide bonds. The number of rotatable bonds is 3. The van der Waals surface area contributed by atoms with E-state index in [9.17, 15) is 9.90 Å². The second kappa shape index (κ2) is 6.15. The van der Waals surface area contributed by atoms with E-state index < -0.39 is 11.5 Å². The summed E-state index contributed by atoms with van der Waals surface area (Å²) in [5.74, 6) is 0.792. The molecule has 146 valence electrons. The Morgan fingerprint density at radius 1 is 1.21 bits per heavy atom. The van der Waals surface area contributed by atoms with Crippen LogP contribution in [0.4, 0.5) is 0 Å². The number of nitrogens with two attached hydrogens (primary N) is 1. The number of benzene rings is 2. The van der Waals surface area contributed by atoms with Crippen molar-refractivity contribution in [3.05, 3.63) is 53.1 Å². The normalized spacial score (nSPS) is 19.9. The van der Waals surface area contributed by atoms with Crippen molar-refractivity contribution in [3.8, 4) is 17.2 Å². The van der Waals surface area contributed by atoms with Gasteiger partial charge in [0, 0.05) is 11.1 Å². The molecule has 1 atom stereocenters. The molecule has 0 aromatic heterocycles. The highest BCUT2D eigenvalue weighted by molar-refractivity contribution is 5.88. The number of fused-ring (bicyclic) bond motifs is 4. The number of hydrogen-bond donors (Lipinski definition) is 2. The van der Waals surface area contributed by atoms with Gasteiger partial charge in [0.1, 0.15) is 23.9 Å². The lowest BCUT2D eigenvalue weighted by molar-refractivity contribution is 0.0696. The summed E-state index contributed by atoms with van der Waals surface area (Å²) in [5.41, 5.74) is 6.36. The summed E-state index contributed by atoms with van der Waals surface area (Å²) < 4.78 is 17.5. The predicted molar refractivity (Wildman–Crippen MR) is 103 cm³/mol. The summed E-state index contributed by atoms with van der Waals surface area (Å²) in [4.78, 5) is 16.0. The third-order valence-corrected chi connectivity index (χ3v) is 4.69. The molecular weight excluding hydrogens is 360 g/mol. The average Bonchev–Trinajstić information content (AvgIpc) is 3.02. The van der Waals surface area contributed by atoms with E-state index in [2.05, 4.69) is 25.8 Å². The predicted octanol–water partition coefficient (Wildman–Crippen LogP) is 3.50. The molecule has 0 saturated heterocycles. The van der Waals surface area contributed by atoms with Crippen LogP contribution in [0.2, 0.25) is 0 Å². The lowest BCUT2D eigenvalue weighted by Gasteiger charge is -2.34. The molecular formula is C21H22N2O5. The number of aromatic carboxylic acids is 1. The van der Waals surface area contributed by atoms with Gasteiger partial charge in [-0.2, -0.15) is 0 Å². The smallest absolute Gasteiger partial charge is 0.335 e. The Morgan fingerprint density at radius 2 is 1.89 bits per heavy atom. The number of carbonyl (C=O) groups is 1. The number of hydrogen-bond acceptors (Lipinski definition) is 6. The van der Waals surface area contributed by atoms with E-state index in [1.165, 1.54) is 6.07 Å². The fraction of sp³-hybridized carbons (Fsp3) is 0.333. The lowest BCUT2D eigenvalue weighted by Crippen LogP contribution is -2.31. The first kappa shape index (κ1) is 18.2. The van der Waals surface area contributed by atoms with Gasteiger partial charge in [-0.25, -0.2) is 9.79 Å². The molecule has 1 spiro atoms. The molecule has 2 aromatic carbocycles. The van der Waals surface area contributed by atoms with Crippen molar-refractivity contribution in [1.82, 2.24) is 0 Å². The van der Waals surface area contributed by atoms with Crippen molar-refractivity contribution in [2.45, 2.75) is 26.3 Å². The average molecular weight is 382 g/mol. The van der Waals surface area contributed by atoms with Crippen molar-refractivity contribution < 1.29 is 24.1 Å². The number of ether oxygens (including phenoxy) is 3. The number of carboxylic acids is 1. The zero-order valence-electron chi connectivity index (χ0n) is 16.0. The van der Waals surface area contributed by atoms with Crippen LogP contribution in [0.25, 0.3) is 0 Å². The highest BCUT2D eigenvalue weighted by Crippen LogP contribution is 2.51. The van der Waals surface area contributed by atoms with Gasteiger partial charge in [0.05, 0.1) is 12.2 Å². The van der Waals surface area contributed by atoms with Crippen molar-refractivity contribution in [1.29, 1.82) is 0 Å². The lowest BCUT2D eigenvalue weighted by atomic mass is 9.80. The zero-order valence-corrected chi connectivity index (χ0v) is 16.0. The minimum Gasteiger partial charge on any atom is -0.493 e. The van der Waals surface area contributed by atoms with Crippen LogP contribution in [0.3, 0.4) is 0 Å². The second-order valence-electron chi connectivity index (χ2n) is 8.22. The molecule has 0 saturated carbocycles. The Kier molecular flexibility index (Phi) is 3.99. The van der Waals surface area contributed by atoms with E-state index in [-0.39, 0.29) is 23.6 Å². The first-order valence-corrected chi connectivity index (χ1v) is 8.99. The van der Waals surface area contributed by atoms with Gasteiger partial charge in [-0.15, -0.1) is 0 Å². The largest absolute Gasteiger partial charge is 0.493 e. The molecule has 4 rings (SSSR count). The summed E-state index contributed by atoms with van der Waals surface area (Å²) >= 11 is 0. The Balaban J connectivity index is 1.84. The molecule has 3 N–H and O–H groups in total. The van der Waals surface area contributed by atoms with E-state index >= 15 is 0 Å². The number of carboxylic acid groups (broad SMARTS) is 1. The van der Waals surface area contributed by atoms with E-state index in [1.54, 1.807) is 12.1 Å². The van der Waals surface area contributed by atoms with Crippen LogP contribution in [0.15, 0.2) is 41.4 Å². The first-order chi connectivity index (χ1) is 13.2. The molecule has 2 aliphatic rings. The number of amidine groups is 1. The number of aliphatic imine (C=N–C) groups is 1. The van der Waals surface area contributed by atoms with Crippen LogP contribution in [-0.4, -0.2) is 30.3 Å². The van der Waals surface area contributed by atoms with Gasteiger partial charge < -0.3 is 25.1 Å². The number of nitrogens with zero attached hydrogens (tertiary/aromatic N) is 1. The monoisotopic (exact) mass is 382 g/mol.